The number of benzene rings is 2. The Labute approximate surface area is 191 Å². The van der Waals surface area contributed by atoms with Gasteiger partial charge in [-0.3, -0.25) is 14.2 Å². The molecule has 0 unspecified atom stereocenters. The first-order valence-corrected chi connectivity index (χ1v) is 11.2. The highest BCUT2D eigenvalue weighted by molar-refractivity contribution is 5.95. The third-order valence-corrected chi connectivity index (χ3v) is 5.57. The highest BCUT2D eigenvalue weighted by Gasteiger charge is 2.29. The zero-order valence-corrected chi connectivity index (χ0v) is 18.6. The van der Waals surface area contributed by atoms with E-state index in [4.69, 9.17) is 4.74 Å². The molecular weight excluding hydrogens is 423 g/mol. The van der Waals surface area contributed by atoms with Crippen LogP contribution in [0.25, 0.3) is 0 Å². The summed E-state index contributed by atoms with van der Waals surface area (Å²) in [6.45, 7) is 4.37. The number of unbranched alkanes of at least 4 members (excludes halogenated alkanes) is 1. The first-order valence-electron chi connectivity index (χ1n) is 11.2. The number of anilines is 1. The van der Waals surface area contributed by atoms with Crippen LogP contribution in [-0.4, -0.2) is 28.5 Å². The number of nitrogens with one attached hydrogen (secondary N) is 1. The quantitative estimate of drug-likeness (QED) is 0.540. The van der Waals surface area contributed by atoms with Gasteiger partial charge in [-0.05, 0) is 29.7 Å². The molecule has 4 rings (SSSR count). The first-order chi connectivity index (χ1) is 16.1. The smallest absolute Gasteiger partial charge is 0.298 e. The Morgan fingerprint density at radius 1 is 1.09 bits per heavy atom. The van der Waals surface area contributed by atoms with Crippen LogP contribution in [0.15, 0.2) is 59.4 Å². The molecule has 1 aliphatic heterocycles. The van der Waals surface area contributed by atoms with Crippen molar-refractivity contribution in [2.75, 3.05) is 18.0 Å². The highest BCUT2D eigenvalue weighted by Crippen LogP contribution is 2.23. The van der Waals surface area contributed by atoms with Crippen molar-refractivity contribution >= 4 is 11.9 Å². The van der Waals surface area contributed by atoms with Gasteiger partial charge in [-0.15, -0.1) is 0 Å². The fourth-order valence-electron chi connectivity index (χ4n) is 3.73. The van der Waals surface area contributed by atoms with Gasteiger partial charge in [0.15, 0.2) is 5.69 Å². The molecule has 3 aromatic rings. The number of hydrogen-bond donors (Lipinski definition) is 1. The number of amides is 1. The SMILES string of the molecule is CCCCN1CCn2c1nc(C(=O)NCc1ccc(F)cc1)c(OCc1ccccc1)c2=O. The van der Waals surface area contributed by atoms with Gasteiger partial charge >= 0.3 is 0 Å². The van der Waals surface area contributed by atoms with Crippen molar-refractivity contribution in [3.63, 3.8) is 0 Å². The van der Waals surface area contributed by atoms with Gasteiger partial charge in [-0.2, -0.15) is 0 Å². The van der Waals surface area contributed by atoms with Gasteiger partial charge in [0.2, 0.25) is 11.7 Å². The molecule has 0 saturated heterocycles. The Morgan fingerprint density at radius 3 is 2.58 bits per heavy atom. The molecule has 1 amide bonds. The zero-order valence-electron chi connectivity index (χ0n) is 18.6. The number of hydrogen-bond acceptors (Lipinski definition) is 5. The molecule has 0 bridgehead atoms. The van der Waals surface area contributed by atoms with Gasteiger partial charge in [0.1, 0.15) is 12.4 Å². The predicted molar refractivity (Wildman–Crippen MR) is 124 cm³/mol. The molecule has 0 saturated carbocycles. The maximum Gasteiger partial charge on any atom is 0.298 e. The van der Waals surface area contributed by atoms with E-state index in [1.165, 1.54) is 12.1 Å². The molecule has 8 heteroatoms. The molecular formula is C25H27FN4O3. The second-order valence-corrected chi connectivity index (χ2v) is 7.97. The predicted octanol–water partition coefficient (Wildman–Crippen LogP) is 3.51. The summed E-state index contributed by atoms with van der Waals surface area (Å²) in [4.78, 5) is 33.0. The maximum absolute atomic E-state index is 13.3. The number of halogens is 1. The third kappa shape index (κ3) is 5.22. The van der Waals surface area contributed by atoms with Gasteiger partial charge < -0.3 is 15.0 Å². The molecule has 0 radical (unpaired) electrons. The summed E-state index contributed by atoms with van der Waals surface area (Å²) in [6, 6.07) is 15.3. The number of carbonyl (C=O) groups excluding carboxylic acids is 1. The monoisotopic (exact) mass is 450 g/mol. The van der Waals surface area contributed by atoms with E-state index in [0.29, 0.717) is 19.0 Å². The number of carbonyl (C=O) groups is 1. The van der Waals surface area contributed by atoms with E-state index in [-0.39, 0.29) is 36.0 Å². The number of ether oxygens (including phenoxy) is 1. The molecule has 7 nitrogen and oxygen atoms in total. The number of rotatable bonds is 9. The van der Waals surface area contributed by atoms with Crippen molar-refractivity contribution < 1.29 is 13.9 Å². The molecule has 2 heterocycles. The number of aromatic nitrogens is 2. The molecule has 2 aromatic carbocycles. The summed E-state index contributed by atoms with van der Waals surface area (Å²) in [5, 5.41) is 2.78. The zero-order chi connectivity index (χ0) is 23.2. The fraction of sp³-hybridized carbons (Fsp3) is 0.320. The highest BCUT2D eigenvalue weighted by atomic mass is 19.1. The Hall–Kier alpha value is -3.68. The van der Waals surface area contributed by atoms with Crippen LogP contribution in [0.3, 0.4) is 0 Å². The van der Waals surface area contributed by atoms with Crippen molar-refractivity contribution in [1.29, 1.82) is 0 Å². The Kier molecular flexibility index (Phi) is 7.02. The van der Waals surface area contributed by atoms with Crippen LogP contribution in [0, 0.1) is 5.82 Å². The Bertz CT molecular complexity index is 1160. The van der Waals surface area contributed by atoms with Crippen molar-refractivity contribution in [2.45, 2.75) is 39.5 Å². The van der Waals surface area contributed by atoms with Crippen LogP contribution in [0.4, 0.5) is 10.3 Å². The summed E-state index contributed by atoms with van der Waals surface area (Å²) in [5.74, 6) is -0.420. The Balaban J connectivity index is 1.62. The van der Waals surface area contributed by atoms with Gasteiger partial charge in [-0.1, -0.05) is 55.8 Å². The minimum absolute atomic E-state index is 0.0345. The van der Waals surface area contributed by atoms with Gasteiger partial charge in [0.25, 0.3) is 11.5 Å². The number of nitrogens with zero attached hydrogens (tertiary/aromatic N) is 3. The van der Waals surface area contributed by atoms with Gasteiger partial charge in [0, 0.05) is 26.2 Å². The van der Waals surface area contributed by atoms with Gasteiger partial charge in [-0.25, -0.2) is 9.37 Å². The summed E-state index contributed by atoms with van der Waals surface area (Å²) >= 11 is 0. The molecule has 1 aliphatic rings. The summed E-state index contributed by atoms with van der Waals surface area (Å²) in [7, 11) is 0. The lowest BCUT2D eigenvalue weighted by Gasteiger charge is -2.18. The molecule has 172 valence electrons. The second kappa shape index (κ2) is 10.3. The van der Waals surface area contributed by atoms with E-state index >= 15 is 0 Å². The summed E-state index contributed by atoms with van der Waals surface area (Å²) < 4.78 is 20.6. The summed E-state index contributed by atoms with van der Waals surface area (Å²) in [6.07, 6.45) is 1.98. The van der Waals surface area contributed by atoms with E-state index in [0.717, 1.165) is 30.5 Å². The van der Waals surface area contributed by atoms with Crippen molar-refractivity contribution in [1.82, 2.24) is 14.9 Å². The second-order valence-electron chi connectivity index (χ2n) is 7.97. The standard InChI is InChI=1S/C25H27FN4O3/c1-2-3-13-29-14-15-30-24(32)22(33-17-19-7-5-4-6-8-19)21(28-25(29)30)23(31)27-16-18-9-11-20(26)12-10-18/h4-12H,2-3,13-17H2,1H3,(H,27,31). The molecule has 1 N–H and O–H groups in total. The first kappa shape index (κ1) is 22.5. The average Bonchev–Trinajstić information content (AvgIpc) is 3.25. The lowest BCUT2D eigenvalue weighted by molar-refractivity contribution is 0.0940. The van der Waals surface area contributed by atoms with E-state index in [1.54, 1.807) is 16.7 Å². The van der Waals surface area contributed by atoms with Crippen LogP contribution in [0.1, 0.15) is 41.4 Å². The van der Waals surface area contributed by atoms with E-state index in [2.05, 4.69) is 17.2 Å². The molecule has 1 aromatic heterocycles. The lowest BCUT2D eigenvalue weighted by atomic mass is 10.2. The fourth-order valence-corrected chi connectivity index (χ4v) is 3.73. The molecule has 0 spiro atoms. The normalized spacial score (nSPS) is 12.5. The van der Waals surface area contributed by atoms with Crippen LogP contribution in [0.2, 0.25) is 0 Å². The molecule has 0 atom stereocenters. The van der Waals surface area contributed by atoms with Gasteiger partial charge in [0.05, 0.1) is 0 Å². The van der Waals surface area contributed by atoms with E-state index in [1.807, 2.05) is 35.2 Å². The average molecular weight is 451 g/mol. The summed E-state index contributed by atoms with van der Waals surface area (Å²) in [5.41, 5.74) is 1.22. The molecule has 0 aliphatic carbocycles. The maximum atomic E-state index is 13.3. The molecule has 33 heavy (non-hydrogen) atoms. The largest absolute Gasteiger partial charge is 0.481 e. The third-order valence-electron chi connectivity index (χ3n) is 5.57. The van der Waals surface area contributed by atoms with E-state index in [9.17, 15) is 14.0 Å². The van der Waals surface area contributed by atoms with Crippen molar-refractivity contribution in [3.8, 4) is 5.75 Å². The van der Waals surface area contributed by atoms with Crippen LogP contribution < -0.4 is 20.5 Å². The number of fused-ring (bicyclic) bond motifs is 1. The Morgan fingerprint density at radius 2 is 1.85 bits per heavy atom. The lowest BCUT2D eigenvalue weighted by Crippen LogP contribution is -2.31. The van der Waals surface area contributed by atoms with Crippen molar-refractivity contribution in [3.05, 3.63) is 87.6 Å². The minimum atomic E-state index is -0.509. The van der Waals surface area contributed by atoms with Crippen molar-refractivity contribution in [2.24, 2.45) is 0 Å². The van der Waals surface area contributed by atoms with Crippen LogP contribution in [-0.2, 0) is 19.7 Å². The van der Waals surface area contributed by atoms with Crippen LogP contribution >= 0.6 is 0 Å². The van der Waals surface area contributed by atoms with E-state index < -0.39 is 5.91 Å². The molecule has 0 fully saturated rings. The minimum Gasteiger partial charge on any atom is -0.481 e. The topological polar surface area (TPSA) is 76.5 Å². The van der Waals surface area contributed by atoms with Crippen LogP contribution in [0.5, 0.6) is 5.75 Å².